The molecule has 3 aromatic rings. The lowest BCUT2D eigenvalue weighted by Gasteiger charge is -2.20. The maximum absolute atomic E-state index is 10.9. The normalized spacial score (nSPS) is 22.7. The molecule has 1 aromatic carbocycles. The zero-order chi connectivity index (χ0) is 24.5. The van der Waals surface area contributed by atoms with E-state index in [1.54, 1.807) is 6.07 Å². The Bertz CT molecular complexity index is 1200. The lowest BCUT2D eigenvalue weighted by molar-refractivity contribution is -0.116. The van der Waals surface area contributed by atoms with Crippen molar-refractivity contribution in [2.24, 2.45) is 0 Å². The number of ether oxygens (including phenoxy) is 3. The first kappa shape index (κ1) is 24.1. The van der Waals surface area contributed by atoms with Crippen LogP contribution in [0.3, 0.4) is 0 Å². The van der Waals surface area contributed by atoms with Gasteiger partial charge in [0.2, 0.25) is 12.0 Å². The number of hydrogen-bond acceptors (Lipinski definition) is 12. The van der Waals surface area contributed by atoms with Crippen molar-refractivity contribution >= 4 is 24.8 Å². The number of anilines is 1. The highest BCUT2D eigenvalue weighted by atomic mass is 31.2. The minimum Gasteiger partial charge on any atom is -0.502 e. The lowest BCUT2D eigenvalue weighted by Crippen LogP contribution is -2.35. The Morgan fingerprint density at radius 2 is 2.00 bits per heavy atom. The monoisotopic (exact) mass is 499 g/mol. The van der Waals surface area contributed by atoms with Crippen molar-refractivity contribution < 1.29 is 48.4 Å². The van der Waals surface area contributed by atoms with E-state index < -0.39 is 44.8 Å². The highest BCUT2D eigenvalue weighted by molar-refractivity contribution is 7.46. The summed E-state index contributed by atoms with van der Waals surface area (Å²) in [5, 5.41) is 34.0. The first-order chi connectivity index (χ1) is 16.2. The van der Waals surface area contributed by atoms with Crippen LogP contribution in [0.5, 0.6) is 17.2 Å². The minimum atomic E-state index is -4.80. The second kappa shape index (κ2) is 9.68. The molecule has 0 amide bonds. The molecule has 1 aliphatic rings. The van der Waals surface area contributed by atoms with E-state index in [9.17, 15) is 19.9 Å². The molecule has 184 valence electrons. The number of rotatable bonds is 9. The molecule has 7 N–H and O–H groups in total. The summed E-state index contributed by atoms with van der Waals surface area (Å²) < 4.78 is 31.3. The van der Waals surface area contributed by atoms with Crippen LogP contribution < -0.4 is 14.8 Å². The van der Waals surface area contributed by atoms with Gasteiger partial charge in [-0.1, -0.05) is 0 Å². The average Bonchev–Trinajstić information content (AvgIpc) is 3.38. The molecule has 0 saturated carbocycles. The van der Waals surface area contributed by atoms with Gasteiger partial charge in [-0.2, -0.15) is 0 Å². The SMILES string of the molecule is COc1c(CNc2ncnc3nc[nH]c23)ccc(OC2O[C@H](COP(=O)(O)O)[C@@H](O)[C@H]2O)c1O. The summed E-state index contributed by atoms with van der Waals surface area (Å²) >= 11 is 0. The summed E-state index contributed by atoms with van der Waals surface area (Å²) in [5.74, 6) is 0.0570. The number of phosphoric acid groups is 1. The van der Waals surface area contributed by atoms with Crippen molar-refractivity contribution in [3.8, 4) is 17.2 Å². The van der Waals surface area contributed by atoms with Gasteiger partial charge in [-0.25, -0.2) is 19.5 Å². The molecule has 15 nitrogen and oxygen atoms in total. The molecule has 34 heavy (non-hydrogen) atoms. The number of aromatic nitrogens is 4. The fourth-order valence-corrected chi connectivity index (χ4v) is 3.72. The quantitative estimate of drug-likeness (QED) is 0.186. The Morgan fingerprint density at radius 3 is 2.74 bits per heavy atom. The van der Waals surface area contributed by atoms with Crippen molar-refractivity contribution in [2.75, 3.05) is 19.0 Å². The molecule has 3 heterocycles. The predicted octanol–water partition coefficient (Wildman–Crippen LogP) is -0.386. The third-order valence-corrected chi connectivity index (χ3v) is 5.50. The Labute approximate surface area is 191 Å². The molecule has 1 aliphatic heterocycles. The van der Waals surface area contributed by atoms with Crippen LogP contribution in [-0.2, 0) is 20.4 Å². The average molecular weight is 499 g/mol. The number of phosphoric ester groups is 1. The number of imidazole rings is 1. The molecule has 4 atom stereocenters. The van der Waals surface area contributed by atoms with Crippen molar-refractivity contribution in [2.45, 2.75) is 31.1 Å². The first-order valence-electron chi connectivity index (χ1n) is 9.83. The number of aromatic hydroxyl groups is 1. The molecule has 16 heteroatoms. The maximum Gasteiger partial charge on any atom is 0.469 e. The summed E-state index contributed by atoms with van der Waals surface area (Å²) in [6, 6.07) is 3.00. The molecule has 0 spiro atoms. The van der Waals surface area contributed by atoms with E-state index in [1.165, 1.54) is 25.8 Å². The predicted molar refractivity (Wildman–Crippen MR) is 113 cm³/mol. The number of aliphatic hydroxyl groups excluding tert-OH is 2. The summed E-state index contributed by atoms with van der Waals surface area (Å²) in [6.07, 6.45) is -3.00. The minimum absolute atomic E-state index is 0.0781. The van der Waals surface area contributed by atoms with Crippen molar-refractivity contribution in [3.05, 3.63) is 30.4 Å². The summed E-state index contributed by atoms with van der Waals surface area (Å²) in [4.78, 5) is 32.8. The van der Waals surface area contributed by atoms with E-state index >= 15 is 0 Å². The van der Waals surface area contributed by atoms with E-state index in [-0.39, 0.29) is 18.0 Å². The van der Waals surface area contributed by atoms with E-state index in [0.29, 0.717) is 22.5 Å². The molecule has 0 radical (unpaired) electrons. The molecule has 0 bridgehead atoms. The third kappa shape index (κ3) is 5.05. The van der Waals surface area contributed by atoms with Crippen LogP contribution in [0.25, 0.3) is 11.2 Å². The second-order valence-corrected chi connectivity index (χ2v) is 8.45. The number of nitrogens with zero attached hydrogens (tertiary/aromatic N) is 3. The Balaban J connectivity index is 1.46. The summed E-state index contributed by atoms with van der Waals surface area (Å²) in [7, 11) is -3.46. The van der Waals surface area contributed by atoms with Gasteiger partial charge in [-0.15, -0.1) is 0 Å². The number of phenols is 1. The van der Waals surface area contributed by atoms with Gasteiger partial charge >= 0.3 is 7.82 Å². The van der Waals surface area contributed by atoms with Gasteiger partial charge in [0, 0.05) is 12.1 Å². The van der Waals surface area contributed by atoms with Gasteiger partial charge < -0.3 is 49.6 Å². The van der Waals surface area contributed by atoms with Gasteiger partial charge in [0.1, 0.15) is 30.2 Å². The summed E-state index contributed by atoms with van der Waals surface area (Å²) in [5.41, 5.74) is 1.63. The molecular weight excluding hydrogens is 477 g/mol. The molecule has 1 fully saturated rings. The van der Waals surface area contributed by atoms with Gasteiger partial charge in [0.25, 0.3) is 0 Å². The number of methoxy groups -OCH3 is 1. The number of H-pyrrole nitrogens is 1. The first-order valence-corrected chi connectivity index (χ1v) is 11.4. The lowest BCUT2D eigenvalue weighted by atomic mass is 10.1. The van der Waals surface area contributed by atoms with Crippen molar-refractivity contribution in [3.63, 3.8) is 0 Å². The Kier molecular flexibility index (Phi) is 6.86. The zero-order valence-corrected chi connectivity index (χ0v) is 18.5. The number of benzene rings is 1. The largest absolute Gasteiger partial charge is 0.502 e. The molecule has 0 aliphatic carbocycles. The van der Waals surface area contributed by atoms with Crippen LogP contribution in [0.4, 0.5) is 5.82 Å². The fourth-order valence-electron chi connectivity index (χ4n) is 3.38. The second-order valence-electron chi connectivity index (χ2n) is 7.21. The number of fused-ring (bicyclic) bond motifs is 1. The van der Waals surface area contributed by atoms with Crippen LogP contribution in [0.2, 0.25) is 0 Å². The van der Waals surface area contributed by atoms with Crippen LogP contribution >= 0.6 is 7.82 Å². The van der Waals surface area contributed by atoms with Crippen molar-refractivity contribution in [1.29, 1.82) is 0 Å². The van der Waals surface area contributed by atoms with E-state index in [0.717, 1.165) is 0 Å². The van der Waals surface area contributed by atoms with Crippen LogP contribution in [0.1, 0.15) is 5.56 Å². The fraction of sp³-hybridized carbons (Fsp3) is 0.389. The number of hydrogen-bond donors (Lipinski definition) is 7. The molecule has 2 aromatic heterocycles. The van der Waals surface area contributed by atoms with Crippen LogP contribution in [0, 0.1) is 0 Å². The standard InChI is InChI=1S/C18H22N5O10P/c1-30-15-8(4-19-16-11-17(21-6-20-11)23-7-22-16)2-3-9(13(15)25)32-18-14(26)12(24)10(33-18)5-31-34(27,28)29/h2-3,6-7,10,12,14,18,24-26H,4-5H2,1H3,(H2,27,28,29)(H2,19,20,21,22,23)/t10-,12-,14-,18?/m1/s1. The highest BCUT2D eigenvalue weighted by Crippen LogP contribution is 2.41. The summed E-state index contributed by atoms with van der Waals surface area (Å²) in [6.45, 7) is -0.486. The third-order valence-electron chi connectivity index (χ3n) is 5.02. The van der Waals surface area contributed by atoms with Gasteiger partial charge in [0.05, 0.1) is 20.0 Å². The molecular formula is C18H22N5O10P. The molecule has 1 unspecified atom stereocenters. The zero-order valence-electron chi connectivity index (χ0n) is 17.6. The number of aromatic amines is 1. The number of aliphatic hydroxyl groups is 2. The topological polar surface area (TPSA) is 222 Å². The highest BCUT2D eigenvalue weighted by Gasteiger charge is 2.45. The molecule has 1 saturated heterocycles. The van der Waals surface area contributed by atoms with E-state index in [4.69, 9.17) is 24.0 Å². The smallest absolute Gasteiger partial charge is 0.469 e. The van der Waals surface area contributed by atoms with Gasteiger partial charge in [-0.3, -0.25) is 4.52 Å². The Morgan fingerprint density at radius 1 is 1.21 bits per heavy atom. The van der Waals surface area contributed by atoms with Crippen LogP contribution in [-0.4, -0.2) is 83.4 Å². The number of nitrogens with one attached hydrogen (secondary N) is 2. The Hall–Kier alpha value is -3.04. The maximum atomic E-state index is 10.9. The molecule has 4 rings (SSSR count). The van der Waals surface area contributed by atoms with Gasteiger partial charge in [0.15, 0.2) is 23.0 Å². The van der Waals surface area contributed by atoms with Gasteiger partial charge in [-0.05, 0) is 12.1 Å². The van der Waals surface area contributed by atoms with E-state index in [1.807, 2.05) is 0 Å². The van der Waals surface area contributed by atoms with Crippen molar-refractivity contribution in [1.82, 2.24) is 19.9 Å². The van der Waals surface area contributed by atoms with Crippen LogP contribution in [0.15, 0.2) is 24.8 Å². The van der Waals surface area contributed by atoms with E-state index in [2.05, 4.69) is 29.8 Å². The number of phenolic OH excluding ortho intramolecular Hbond substituents is 1.